The van der Waals surface area contributed by atoms with E-state index in [1.54, 1.807) is 13.1 Å². The molecule has 1 saturated heterocycles. The average molecular weight is 219 g/mol. The number of amides is 1. The van der Waals surface area contributed by atoms with Gasteiger partial charge in [0.2, 0.25) is 0 Å². The van der Waals surface area contributed by atoms with Gasteiger partial charge in [0.25, 0.3) is 5.91 Å². The van der Waals surface area contributed by atoms with E-state index in [0.717, 1.165) is 25.2 Å². The molecule has 1 aliphatic rings. The number of piperidine rings is 1. The van der Waals surface area contributed by atoms with Crippen LogP contribution in [0.3, 0.4) is 0 Å². The molecular weight excluding hydrogens is 202 g/mol. The zero-order valence-corrected chi connectivity index (χ0v) is 9.49. The van der Waals surface area contributed by atoms with Crippen LogP contribution < -0.4 is 10.6 Å². The largest absolute Gasteiger partial charge is 0.354 e. The highest BCUT2D eigenvalue weighted by molar-refractivity contribution is 5.91. The third-order valence-electron chi connectivity index (χ3n) is 2.95. The SMILES string of the molecule is CNC(=O)c1cccc([C@@H]2CCCNC2)n1. The van der Waals surface area contributed by atoms with Gasteiger partial charge >= 0.3 is 0 Å². The molecule has 0 unspecified atom stereocenters. The molecule has 2 N–H and O–H groups in total. The number of aromatic nitrogens is 1. The van der Waals surface area contributed by atoms with Crippen LogP contribution in [0.15, 0.2) is 18.2 Å². The summed E-state index contributed by atoms with van der Waals surface area (Å²) in [6, 6.07) is 5.66. The van der Waals surface area contributed by atoms with Gasteiger partial charge in [0.1, 0.15) is 5.69 Å². The topological polar surface area (TPSA) is 54.0 Å². The van der Waals surface area contributed by atoms with Crippen molar-refractivity contribution in [1.82, 2.24) is 15.6 Å². The second-order valence-corrected chi connectivity index (χ2v) is 4.07. The van der Waals surface area contributed by atoms with E-state index in [2.05, 4.69) is 15.6 Å². The van der Waals surface area contributed by atoms with Gasteiger partial charge in [-0.1, -0.05) is 6.07 Å². The molecule has 1 amide bonds. The van der Waals surface area contributed by atoms with Crippen molar-refractivity contribution < 1.29 is 4.79 Å². The van der Waals surface area contributed by atoms with Gasteiger partial charge in [-0.25, -0.2) is 4.98 Å². The van der Waals surface area contributed by atoms with Crippen LogP contribution >= 0.6 is 0 Å². The first kappa shape index (κ1) is 11.1. The number of hydrogen-bond donors (Lipinski definition) is 2. The number of nitrogens with one attached hydrogen (secondary N) is 2. The summed E-state index contributed by atoms with van der Waals surface area (Å²) in [4.78, 5) is 15.9. The smallest absolute Gasteiger partial charge is 0.269 e. The van der Waals surface area contributed by atoms with E-state index >= 15 is 0 Å². The molecule has 0 radical (unpaired) electrons. The Bertz CT molecular complexity index is 372. The van der Waals surface area contributed by atoms with Crippen molar-refractivity contribution in [3.8, 4) is 0 Å². The summed E-state index contributed by atoms with van der Waals surface area (Å²) in [5.41, 5.74) is 1.53. The van der Waals surface area contributed by atoms with Gasteiger partial charge in [-0.2, -0.15) is 0 Å². The minimum absolute atomic E-state index is 0.120. The predicted molar refractivity (Wildman–Crippen MR) is 62.5 cm³/mol. The molecule has 1 fully saturated rings. The fraction of sp³-hybridized carbons (Fsp3) is 0.500. The minimum atomic E-state index is -0.120. The number of carbonyl (C=O) groups excluding carboxylic acids is 1. The number of pyridine rings is 1. The first-order valence-corrected chi connectivity index (χ1v) is 5.71. The van der Waals surface area contributed by atoms with Crippen LogP contribution in [-0.2, 0) is 0 Å². The van der Waals surface area contributed by atoms with Crippen molar-refractivity contribution in [2.45, 2.75) is 18.8 Å². The summed E-state index contributed by atoms with van der Waals surface area (Å²) in [6.07, 6.45) is 2.33. The van der Waals surface area contributed by atoms with Crippen molar-refractivity contribution in [2.24, 2.45) is 0 Å². The maximum absolute atomic E-state index is 11.5. The Morgan fingerprint density at radius 3 is 3.12 bits per heavy atom. The van der Waals surface area contributed by atoms with E-state index in [1.807, 2.05) is 12.1 Å². The molecule has 1 atom stereocenters. The monoisotopic (exact) mass is 219 g/mol. The number of rotatable bonds is 2. The summed E-state index contributed by atoms with van der Waals surface area (Å²) >= 11 is 0. The Hall–Kier alpha value is -1.42. The molecule has 0 aromatic carbocycles. The van der Waals surface area contributed by atoms with Crippen LogP contribution in [0.1, 0.15) is 34.9 Å². The fourth-order valence-electron chi connectivity index (χ4n) is 2.04. The Morgan fingerprint density at radius 2 is 2.44 bits per heavy atom. The van der Waals surface area contributed by atoms with E-state index in [9.17, 15) is 4.79 Å². The normalized spacial score (nSPS) is 20.4. The third-order valence-corrected chi connectivity index (χ3v) is 2.95. The first-order valence-electron chi connectivity index (χ1n) is 5.71. The second kappa shape index (κ2) is 5.07. The van der Waals surface area contributed by atoms with Gasteiger partial charge in [0.05, 0.1) is 0 Å². The van der Waals surface area contributed by atoms with Crippen LogP contribution in [0.5, 0.6) is 0 Å². The van der Waals surface area contributed by atoms with Gasteiger partial charge in [0, 0.05) is 25.2 Å². The van der Waals surface area contributed by atoms with Crippen LogP contribution in [0, 0.1) is 0 Å². The molecular formula is C12H17N3O. The molecule has 2 heterocycles. The molecule has 0 spiro atoms. The van der Waals surface area contributed by atoms with Gasteiger partial charge < -0.3 is 10.6 Å². The van der Waals surface area contributed by atoms with E-state index in [-0.39, 0.29) is 5.91 Å². The Morgan fingerprint density at radius 1 is 1.56 bits per heavy atom. The van der Waals surface area contributed by atoms with Crippen LogP contribution in [0.2, 0.25) is 0 Å². The first-order chi connectivity index (χ1) is 7.81. The Labute approximate surface area is 95.5 Å². The van der Waals surface area contributed by atoms with Crippen molar-refractivity contribution in [3.63, 3.8) is 0 Å². The molecule has 4 nitrogen and oxygen atoms in total. The lowest BCUT2D eigenvalue weighted by atomic mass is 9.95. The van der Waals surface area contributed by atoms with E-state index in [4.69, 9.17) is 0 Å². The summed E-state index contributed by atoms with van der Waals surface area (Å²) < 4.78 is 0. The predicted octanol–water partition coefficient (Wildman–Crippen LogP) is 0.908. The van der Waals surface area contributed by atoms with E-state index < -0.39 is 0 Å². The summed E-state index contributed by atoms with van der Waals surface area (Å²) in [5.74, 6) is 0.323. The lowest BCUT2D eigenvalue weighted by Gasteiger charge is -2.22. The number of carbonyl (C=O) groups is 1. The number of hydrogen-bond acceptors (Lipinski definition) is 3. The van der Waals surface area contributed by atoms with Gasteiger partial charge in [-0.15, -0.1) is 0 Å². The fourth-order valence-corrected chi connectivity index (χ4v) is 2.04. The number of nitrogens with zero attached hydrogens (tertiary/aromatic N) is 1. The molecule has 4 heteroatoms. The molecule has 0 bridgehead atoms. The molecule has 1 aromatic heterocycles. The van der Waals surface area contributed by atoms with Crippen molar-refractivity contribution in [2.75, 3.05) is 20.1 Å². The Kier molecular flexibility index (Phi) is 3.51. The lowest BCUT2D eigenvalue weighted by molar-refractivity contribution is 0.0958. The highest BCUT2D eigenvalue weighted by Gasteiger charge is 2.17. The maximum Gasteiger partial charge on any atom is 0.269 e. The van der Waals surface area contributed by atoms with E-state index in [1.165, 1.54) is 6.42 Å². The molecule has 86 valence electrons. The van der Waals surface area contributed by atoms with Crippen LogP contribution in [-0.4, -0.2) is 31.0 Å². The third kappa shape index (κ3) is 2.39. The standard InChI is InChI=1S/C12H17N3O/c1-13-12(16)11-6-2-5-10(15-11)9-4-3-7-14-8-9/h2,5-6,9,14H,3-4,7-8H2,1H3,(H,13,16)/t9-/m1/s1. The lowest BCUT2D eigenvalue weighted by Crippen LogP contribution is -2.29. The summed E-state index contributed by atoms with van der Waals surface area (Å²) in [7, 11) is 1.62. The molecule has 16 heavy (non-hydrogen) atoms. The summed E-state index contributed by atoms with van der Waals surface area (Å²) in [6.45, 7) is 2.05. The molecule has 2 rings (SSSR count). The van der Waals surface area contributed by atoms with Crippen LogP contribution in [0.25, 0.3) is 0 Å². The average Bonchev–Trinajstić information content (AvgIpc) is 2.39. The molecule has 1 aromatic rings. The Balaban J connectivity index is 2.17. The van der Waals surface area contributed by atoms with Gasteiger partial charge in [-0.05, 0) is 31.5 Å². The highest BCUT2D eigenvalue weighted by atomic mass is 16.1. The minimum Gasteiger partial charge on any atom is -0.354 e. The quantitative estimate of drug-likeness (QED) is 0.777. The van der Waals surface area contributed by atoms with Gasteiger partial charge in [-0.3, -0.25) is 4.79 Å². The molecule has 0 aliphatic carbocycles. The zero-order chi connectivity index (χ0) is 11.4. The molecule has 0 saturated carbocycles. The van der Waals surface area contributed by atoms with Crippen molar-refractivity contribution >= 4 is 5.91 Å². The van der Waals surface area contributed by atoms with Crippen LogP contribution in [0.4, 0.5) is 0 Å². The molecule has 1 aliphatic heterocycles. The summed E-state index contributed by atoms with van der Waals surface area (Å²) in [5, 5.41) is 5.95. The maximum atomic E-state index is 11.5. The highest BCUT2D eigenvalue weighted by Crippen LogP contribution is 2.21. The van der Waals surface area contributed by atoms with Crippen molar-refractivity contribution in [3.05, 3.63) is 29.6 Å². The van der Waals surface area contributed by atoms with Gasteiger partial charge in [0.15, 0.2) is 0 Å². The zero-order valence-electron chi connectivity index (χ0n) is 9.49. The van der Waals surface area contributed by atoms with E-state index in [0.29, 0.717) is 11.6 Å². The second-order valence-electron chi connectivity index (χ2n) is 4.07. The van der Waals surface area contributed by atoms with Crippen molar-refractivity contribution in [1.29, 1.82) is 0 Å².